The van der Waals surface area contributed by atoms with E-state index in [-0.39, 0.29) is 17.7 Å². The molecule has 2 aliphatic rings. The van der Waals surface area contributed by atoms with Crippen LogP contribution >= 0.6 is 0 Å². The molecule has 138 valence electrons. The van der Waals surface area contributed by atoms with Crippen LogP contribution in [-0.4, -0.2) is 42.9 Å². The lowest BCUT2D eigenvalue weighted by Gasteiger charge is -2.38. The van der Waals surface area contributed by atoms with Gasteiger partial charge in [0.05, 0.1) is 16.7 Å². The van der Waals surface area contributed by atoms with Gasteiger partial charge in [-0.15, -0.1) is 0 Å². The van der Waals surface area contributed by atoms with E-state index in [1.807, 2.05) is 18.3 Å². The molecule has 2 aromatic rings. The Bertz CT molecular complexity index is 902. The van der Waals surface area contributed by atoms with Gasteiger partial charge in [0.25, 0.3) is 0 Å². The zero-order chi connectivity index (χ0) is 18.2. The Balaban J connectivity index is 1.65. The van der Waals surface area contributed by atoms with Crippen molar-refractivity contribution in [1.29, 1.82) is 0 Å². The number of sulfone groups is 1. The molecule has 2 aliphatic heterocycles. The van der Waals surface area contributed by atoms with Gasteiger partial charge in [-0.05, 0) is 50.0 Å². The van der Waals surface area contributed by atoms with E-state index in [1.54, 1.807) is 29.1 Å². The lowest BCUT2D eigenvalue weighted by Crippen LogP contribution is -2.55. The van der Waals surface area contributed by atoms with Gasteiger partial charge in [0.15, 0.2) is 9.84 Å². The molecule has 1 aromatic carbocycles. The third kappa shape index (κ3) is 2.83. The van der Waals surface area contributed by atoms with Gasteiger partial charge in [-0.2, -0.15) is 5.10 Å². The Morgan fingerprint density at radius 2 is 2.00 bits per heavy atom. The number of carbonyl (C=O) groups excluding carboxylic acids is 1. The van der Waals surface area contributed by atoms with Crippen molar-refractivity contribution in [2.24, 2.45) is 0 Å². The largest absolute Gasteiger partial charge is 0.347 e. The summed E-state index contributed by atoms with van der Waals surface area (Å²) < 4.78 is 26.4. The predicted molar refractivity (Wildman–Crippen MR) is 96.3 cm³/mol. The average molecular weight is 374 g/mol. The fourth-order valence-electron chi connectivity index (χ4n) is 3.96. The lowest BCUT2D eigenvalue weighted by atomic mass is 9.86. The quantitative estimate of drug-likeness (QED) is 0.836. The topological polar surface area (TPSA) is 93.1 Å². The minimum Gasteiger partial charge on any atom is -0.347 e. The molecule has 26 heavy (non-hydrogen) atoms. The van der Waals surface area contributed by atoms with Crippen LogP contribution in [0.5, 0.6) is 0 Å². The Morgan fingerprint density at radius 1 is 1.23 bits per heavy atom. The standard InChI is InChI=1S/C18H22N4O3S/c23-17(18(7-10-19-11-8-18)22-12-3-9-20-22)21-15-6-13-26(24,25)16-5-2-1-4-14(15)16/h1-5,9,12,15,19H,6-8,10-11,13H2,(H,21,23). The minimum absolute atomic E-state index is 0.0469. The highest BCUT2D eigenvalue weighted by Gasteiger charge is 2.43. The molecule has 8 heteroatoms. The Kier molecular flexibility index (Phi) is 4.32. The van der Waals surface area contributed by atoms with Crippen LogP contribution in [0.3, 0.4) is 0 Å². The molecule has 7 nitrogen and oxygen atoms in total. The van der Waals surface area contributed by atoms with Gasteiger partial charge in [0, 0.05) is 12.4 Å². The molecule has 4 rings (SSSR count). The highest BCUT2D eigenvalue weighted by molar-refractivity contribution is 7.91. The molecule has 0 spiro atoms. The highest BCUT2D eigenvalue weighted by atomic mass is 32.2. The van der Waals surface area contributed by atoms with Gasteiger partial charge >= 0.3 is 0 Å². The van der Waals surface area contributed by atoms with E-state index in [1.165, 1.54) is 0 Å². The summed E-state index contributed by atoms with van der Waals surface area (Å²) in [5, 5.41) is 10.7. The number of nitrogens with one attached hydrogen (secondary N) is 2. The number of amides is 1. The Morgan fingerprint density at radius 3 is 2.73 bits per heavy atom. The monoisotopic (exact) mass is 374 g/mol. The smallest absolute Gasteiger partial charge is 0.248 e. The van der Waals surface area contributed by atoms with Crippen molar-refractivity contribution < 1.29 is 13.2 Å². The summed E-state index contributed by atoms with van der Waals surface area (Å²) in [6.07, 6.45) is 5.18. The molecule has 1 amide bonds. The molecule has 0 saturated carbocycles. The van der Waals surface area contributed by atoms with Crippen LogP contribution in [0, 0.1) is 0 Å². The van der Waals surface area contributed by atoms with Crippen molar-refractivity contribution in [2.45, 2.75) is 35.7 Å². The number of carbonyl (C=O) groups is 1. The van der Waals surface area contributed by atoms with Crippen LogP contribution in [0.15, 0.2) is 47.6 Å². The first-order chi connectivity index (χ1) is 12.5. The summed E-state index contributed by atoms with van der Waals surface area (Å²) in [4.78, 5) is 13.6. The molecule has 1 fully saturated rings. The minimum atomic E-state index is -3.27. The van der Waals surface area contributed by atoms with E-state index in [0.29, 0.717) is 29.7 Å². The first-order valence-corrected chi connectivity index (χ1v) is 10.5. The van der Waals surface area contributed by atoms with Crippen LogP contribution in [0.25, 0.3) is 0 Å². The van der Waals surface area contributed by atoms with E-state index in [4.69, 9.17) is 0 Å². The molecule has 3 heterocycles. The average Bonchev–Trinajstić information content (AvgIpc) is 3.20. The molecule has 0 bridgehead atoms. The van der Waals surface area contributed by atoms with Gasteiger partial charge in [0.1, 0.15) is 5.54 Å². The number of benzene rings is 1. The van der Waals surface area contributed by atoms with Gasteiger partial charge < -0.3 is 10.6 Å². The first-order valence-electron chi connectivity index (χ1n) is 8.86. The number of hydrogen-bond donors (Lipinski definition) is 2. The van der Waals surface area contributed by atoms with Crippen LogP contribution < -0.4 is 10.6 Å². The van der Waals surface area contributed by atoms with Crippen molar-refractivity contribution in [3.63, 3.8) is 0 Å². The summed E-state index contributed by atoms with van der Waals surface area (Å²) >= 11 is 0. The summed E-state index contributed by atoms with van der Waals surface area (Å²) in [5.74, 6) is -0.0486. The third-order valence-corrected chi connectivity index (χ3v) is 7.22. The third-order valence-electron chi connectivity index (χ3n) is 5.41. The van der Waals surface area contributed by atoms with E-state index in [9.17, 15) is 13.2 Å². The van der Waals surface area contributed by atoms with E-state index in [2.05, 4.69) is 15.7 Å². The zero-order valence-corrected chi connectivity index (χ0v) is 15.2. The molecule has 2 N–H and O–H groups in total. The maximum absolute atomic E-state index is 13.3. The molecule has 1 aromatic heterocycles. The summed E-state index contributed by atoms with van der Waals surface area (Å²) in [5.41, 5.74) is -0.0586. The van der Waals surface area contributed by atoms with Gasteiger partial charge in [-0.3, -0.25) is 9.48 Å². The molecular weight excluding hydrogens is 352 g/mol. The molecule has 1 atom stereocenters. The van der Waals surface area contributed by atoms with Crippen molar-refractivity contribution in [2.75, 3.05) is 18.8 Å². The van der Waals surface area contributed by atoms with Gasteiger partial charge in [0.2, 0.25) is 5.91 Å². The van der Waals surface area contributed by atoms with E-state index in [0.717, 1.165) is 13.1 Å². The molecule has 1 saturated heterocycles. The van der Waals surface area contributed by atoms with Gasteiger partial charge in [-0.25, -0.2) is 8.42 Å². The lowest BCUT2D eigenvalue weighted by molar-refractivity contribution is -0.132. The van der Waals surface area contributed by atoms with Crippen LogP contribution in [0.4, 0.5) is 0 Å². The molecule has 1 unspecified atom stereocenters. The normalized spacial score (nSPS) is 23.8. The number of hydrogen-bond acceptors (Lipinski definition) is 5. The van der Waals surface area contributed by atoms with E-state index >= 15 is 0 Å². The molecular formula is C18H22N4O3S. The van der Waals surface area contributed by atoms with Crippen molar-refractivity contribution in [3.8, 4) is 0 Å². The number of fused-ring (bicyclic) bond motifs is 1. The summed E-state index contributed by atoms with van der Waals surface area (Å²) in [6.45, 7) is 1.48. The second-order valence-corrected chi connectivity index (χ2v) is 8.98. The number of aromatic nitrogens is 2. The fourth-order valence-corrected chi connectivity index (χ4v) is 5.58. The van der Waals surface area contributed by atoms with Crippen molar-refractivity contribution >= 4 is 15.7 Å². The van der Waals surface area contributed by atoms with Crippen LogP contribution in [0.1, 0.15) is 30.9 Å². The Labute approximate surface area is 152 Å². The first kappa shape index (κ1) is 17.2. The molecule has 0 radical (unpaired) electrons. The van der Waals surface area contributed by atoms with Crippen LogP contribution in [0.2, 0.25) is 0 Å². The second kappa shape index (κ2) is 6.51. The van der Waals surface area contributed by atoms with Crippen LogP contribution in [-0.2, 0) is 20.2 Å². The summed E-state index contributed by atoms with van der Waals surface area (Å²) in [6, 6.07) is 8.46. The van der Waals surface area contributed by atoms with E-state index < -0.39 is 15.4 Å². The number of nitrogens with zero attached hydrogens (tertiary/aromatic N) is 2. The maximum atomic E-state index is 13.3. The van der Waals surface area contributed by atoms with Crippen molar-refractivity contribution in [3.05, 3.63) is 48.3 Å². The maximum Gasteiger partial charge on any atom is 0.248 e. The zero-order valence-electron chi connectivity index (χ0n) is 14.4. The highest BCUT2D eigenvalue weighted by Crippen LogP contribution is 2.34. The SMILES string of the molecule is O=C(NC1CCS(=O)(=O)c2ccccc21)C1(n2cccn2)CCNCC1. The number of rotatable bonds is 3. The second-order valence-electron chi connectivity index (χ2n) is 6.90. The summed E-state index contributed by atoms with van der Waals surface area (Å²) in [7, 11) is -3.27. The van der Waals surface area contributed by atoms with Gasteiger partial charge in [-0.1, -0.05) is 18.2 Å². The number of piperidine rings is 1. The van der Waals surface area contributed by atoms with Crippen molar-refractivity contribution in [1.82, 2.24) is 20.4 Å². The molecule has 0 aliphatic carbocycles. The fraction of sp³-hybridized carbons (Fsp3) is 0.444. The predicted octanol–water partition coefficient (Wildman–Crippen LogP) is 0.997. The Hall–Kier alpha value is -2.19.